The molecule has 6 rings (SSSR count). The fourth-order valence-corrected chi connectivity index (χ4v) is 9.21. The molecule has 3 unspecified atom stereocenters. The molecule has 44 heavy (non-hydrogen) atoms. The molecular formula is C35H51N5O4. The fraction of sp³-hybridized carbons (Fsp3) is 0.714. The third kappa shape index (κ3) is 6.74. The van der Waals surface area contributed by atoms with E-state index in [0.717, 1.165) is 41.6 Å². The summed E-state index contributed by atoms with van der Waals surface area (Å²) >= 11 is 0. The van der Waals surface area contributed by atoms with Crippen molar-refractivity contribution in [1.82, 2.24) is 19.4 Å². The van der Waals surface area contributed by atoms with Crippen molar-refractivity contribution in [3.05, 3.63) is 40.3 Å². The number of aromatic nitrogens is 2. The molecule has 4 fully saturated rings. The molecule has 1 N–H and O–H groups in total. The number of hydrogen-bond donors (Lipinski definition) is 1. The number of rotatable bonds is 11. The summed E-state index contributed by atoms with van der Waals surface area (Å²) < 4.78 is 1.98. The van der Waals surface area contributed by atoms with Gasteiger partial charge in [-0.05, 0) is 102 Å². The summed E-state index contributed by atoms with van der Waals surface area (Å²) in [5, 5.41) is 13.7. The fourth-order valence-electron chi connectivity index (χ4n) is 9.21. The Morgan fingerprint density at radius 1 is 0.977 bits per heavy atom. The van der Waals surface area contributed by atoms with Crippen LogP contribution in [0.15, 0.2) is 34.2 Å². The van der Waals surface area contributed by atoms with Crippen LogP contribution in [0.4, 0.5) is 0 Å². The van der Waals surface area contributed by atoms with E-state index in [1.54, 1.807) is 0 Å². The van der Waals surface area contributed by atoms with Crippen LogP contribution >= 0.6 is 0 Å². The molecule has 2 aliphatic heterocycles. The topological polar surface area (TPSA) is 100 Å². The van der Waals surface area contributed by atoms with Gasteiger partial charge in [0.25, 0.3) is 5.56 Å². The lowest BCUT2D eigenvalue weighted by molar-refractivity contribution is -0.136. The summed E-state index contributed by atoms with van der Waals surface area (Å²) in [5.74, 6) is 1.75. The van der Waals surface area contributed by atoms with E-state index in [1.807, 2.05) is 47.8 Å². The first-order chi connectivity index (χ1) is 21.3. The van der Waals surface area contributed by atoms with E-state index >= 15 is 0 Å². The van der Waals surface area contributed by atoms with Gasteiger partial charge in [0.15, 0.2) is 5.69 Å². The van der Waals surface area contributed by atoms with Crippen LogP contribution in [-0.2, 0) is 9.63 Å². The lowest BCUT2D eigenvalue weighted by atomic mass is 9.64. The number of likely N-dealkylation sites (N-methyl/N-ethyl adjacent to an activating group) is 1. The second kappa shape index (κ2) is 13.7. The average Bonchev–Trinajstić information content (AvgIpc) is 2.99. The SMILES string of the molecule is CCC1C[C@@H]2CC(N3[C@@H]4CCC[C@H]3CC(n3c(=O)c(/C(CCC(=O)O)=N/OCCN(C)C)nc5ccccc53)C4)C[C@H](C1)C2. The first-order valence-corrected chi connectivity index (χ1v) is 17.1. The van der Waals surface area contributed by atoms with Crippen LogP contribution in [0, 0.1) is 17.8 Å². The van der Waals surface area contributed by atoms with Crippen molar-refractivity contribution in [2.75, 3.05) is 27.2 Å². The zero-order chi connectivity index (χ0) is 30.8. The Labute approximate surface area is 261 Å². The van der Waals surface area contributed by atoms with Gasteiger partial charge in [0.05, 0.1) is 17.5 Å². The van der Waals surface area contributed by atoms with E-state index < -0.39 is 5.97 Å². The highest BCUT2D eigenvalue weighted by molar-refractivity contribution is 6.00. The third-order valence-electron chi connectivity index (χ3n) is 11.0. The van der Waals surface area contributed by atoms with Crippen LogP contribution < -0.4 is 5.56 Å². The molecule has 2 saturated heterocycles. The van der Waals surface area contributed by atoms with Gasteiger partial charge in [-0.3, -0.25) is 14.5 Å². The van der Waals surface area contributed by atoms with E-state index in [2.05, 4.69) is 17.0 Å². The quantitative estimate of drug-likeness (QED) is 0.199. The Balaban J connectivity index is 1.30. The van der Waals surface area contributed by atoms with E-state index in [1.165, 1.54) is 57.8 Å². The van der Waals surface area contributed by atoms with Crippen LogP contribution in [0.25, 0.3) is 11.0 Å². The predicted octanol–water partition coefficient (Wildman–Crippen LogP) is 5.71. The van der Waals surface area contributed by atoms with Crippen molar-refractivity contribution in [2.45, 2.75) is 115 Å². The van der Waals surface area contributed by atoms with Crippen LogP contribution in [-0.4, -0.2) is 81.5 Å². The maximum atomic E-state index is 14.4. The van der Waals surface area contributed by atoms with Gasteiger partial charge in [-0.25, -0.2) is 4.98 Å². The summed E-state index contributed by atoms with van der Waals surface area (Å²) in [6.07, 6.45) is 13.8. The van der Waals surface area contributed by atoms with Crippen molar-refractivity contribution in [2.24, 2.45) is 22.9 Å². The van der Waals surface area contributed by atoms with Crippen molar-refractivity contribution in [3.63, 3.8) is 0 Å². The molecule has 9 heteroatoms. The number of nitrogens with zero attached hydrogens (tertiary/aromatic N) is 5. The van der Waals surface area contributed by atoms with Crippen molar-refractivity contribution < 1.29 is 14.7 Å². The third-order valence-corrected chi connectivity index (χ3v) is 11.0. The van der Waals surface area contributed by atoms with Gasteiger partial charge in [0.2, 0.25) is 0 Å². The maximum absolute atomic E-state index is 14.4. The molecule has 2 saturated carbocycles. The second-order valence-electron chi connectivity index (χ2n) is 14.3. The highest BCUT2D eigenvalue weighted by atomic mass is 16.6. The standard InChI is InChI=1S/C35H51N5O4/c1-4-23-16-24-18-25(17-23)20-28(19-24)39-26-8-7-9-27(39)22-29(21-26)40-32-11-6-5-10-30(32)36-34(35(40)43)31(12-13-33(41)42)37-44-15-14-38(2)3/h5-6,10-11,23-29H,4,7-9,12-22H2,1-3H3,(H,41,42)/b37-31+/t23?,24-,25+,26-,27+,28?,29?. The lowest BCUT2D eigenvalue weighted by Crippen LogP contribution is -2.59. The summed E-state index contributed by atoms with van der Waals surface area (Å²) in [7, 11) is 3.90. The van der Waals surface area contributed by atoms with Gasteiger partial charge in [0.1, 0.15) is 12.3 Å². The minimum absolute atomic E-state index is 0.0728. The Morgan fingerprint density at radius 2 is 1.68 bits per heavy atom. The predicted molar refractivity (Wildman–Crippen MR) is 173 cm³/mol. The number of piperidine rings is 2. The molecule has 1 aromatic heterocycles. The molecule has 1 aromatic carbocycles. The molecule has 9 nitrogen and oxygen atoms in total. The van der Waals surface area contributed by atoms with E-state index in [9.17, 15) is 14.7 Å². The number of carboxylic acid groups (broad SMARTS) is 1. The summed E-state index contributed by atoms with van der Waals surface area (Å²) in [4.78, 5) is 41.2. The van der Waals surface area contributed by atoms with Crippen molar-refractivity contribution in [1.29, 1.82) is 0 Å². The molecule has 3 heterocycles. The van der Waals surface area contributed by atoms with E-state index in [-0.39, 0.29) is 30.1 Å². The summed E-state index contributed by atoms with van der Waals surface area (Å²) in [6, 6.07) is 9.61. The molecular weight excluding hydrogens is 554 g/mol. The Hall–Kier alpha value is -2.78. The van der Waals surface area contributed by atoms with Gasteiger partial charge in [-0.1, -0.05) is 37.1 Å². The van der Waals surface area contributed by atoms with Crippen LogP contribution in [0.1, 0.15) is 102 Å². The van der Waals surface area contributed by atoms with E-state index in [0.29, 0.717) is 37.0 Å². The summed E-state index contributed by atoms with van der Waals surface area (Å²) in [6.45, 7) is 3.37. The van der Waals surface area contributed by atoms with Crippen LogP contribution in [0.5, 0.6) is 0 Å². The van der Waals surface area contributed by atoms with Crippen molar-refractivity contribution in [3.8, 4) is 0 Å². The minimum Gasteiger partial charge on any atom is -0.481 e. The second-order valence-corrected chi connectivity index (χ2v) is 14.3. The number of fused-ring (bicyclic) bond motifs is 5. The molecule has 240 valence electrons. The number of hydrogen-bond acceptors (Lipinski definition) is 7. The highest BCUT2D eigenvalue weighted by Gasteiger charge is 2.46. The van der Waals surface area contributed by atoms with Gasteiger partial charge in [0, 0.05) is 37.1 Å². The average molecular weight is 606 g/mol. The van der Waals surface area contributed by atoms with Gasteiger partial charge >= 0.3 is 5.97 Å². The number of aliphatic carboxylic acids is 1. The Bertz CT molecular complexity index is 1380. The van der Waals surface area contributed by atoms with Crippen LogP contribution in [0.3, 0.4) is 0 Å². The highest BCUT2D eigenvalue weighted by Crippen LogP contribution is 2.49. The molecule has 2 aromatic rings. The zero-order valence-electron chi connectivity index (χ0n) is 26.9. The molecule has 0 spiro atoms. The molecule has 0 radical (unpaired) electrons. The number of carbonyl (C=O) groups is 1. The normalized spacial score (nSPS) is 30.9. The zero-order valence-corrected chi connectivity index (χ0v) is 26.9. The lowest BCUT2D eigenvalue weighted by Gasteiger charge is -2.56. The Morgan fingerprint density at radius 3 is 2.34 bits per heavy atom. The van der Waals surface area contributed by atoms with Gasteiger partial charge < -0.3 is 19.4 Å². The first kappa shape index (κ1) is 31.2. The minimum atomic E-state index is -0.940. The largest absolute Gasteiger partial charge is 0.481 e. The molecule has 4 bridgehead atoms. The van der Waals surface area contributed by atoms with Gasteiger partial charge in [-0.2, -0.15) is 0 Å². The maximum Gasteiger partial charge on any atom is 0.303 e. The smallest absolute Gasteiger partial charge is 0.303 e. The van der Waals surface area contributed by atoms with Gasteiger partial charge in [-0.15, -0.1) is 0 Å². The number of oxime groups is 1. The number of benzene rings is 1. The molecule has 2 aliphatic carbocycles. The monoisotopic (exact) mass is 605 g/mol. The summed E-state index contributed by atoms with van der Waals surface area (Å²) in [5.41, 5.74) is 1.93. The molecule has 4 aliphatic rings. The van der Waals surface area contributed by atoms with Crippen LogP contribution in [0.2, 0.25) is 0 Å². The Kier molecular flexibility index (Phi) is 9.71. The van der Waals surface area contributed by atoms with Crippen molar-refractivity contribution >= 4 is 22.7 Å². The number of carboxylic acids is 1. The number of para-hydroxylation sites is 2. The van der Waals surface area contributed by atoms with E-state index in [4.69, 9.17) is 9.82 Å². The molecule has 0 amide bonds. The molecule has 7 atom stereocenters. The first-order valence-electron chi connectivity index (χ1n) is 17.1.